The van der Waals surface area contributed by atoms with Crippen LogP contribution in [0, 0.1) is 5.41 Å². The Morgan fingerprint density at radius 2 is 2.06 bits per heavy atom. The van der Waals surface area contributed by atoms with Gasteiger partial charge in [-0.1, -0.05) is 13.8 Å². The molecule has 3 rings (SSSR count). The number of nitrogens with one attached hydrogen (secondary N) is 1. The first kappa shape index (κ1) is 11.3. The summed E-state index contributed by atoms with van der Waals surface area (Å²) >= 11 is 0. The molecule has 1 saturated carbocycles. The van der Waals surface area contributed by atoms with Crippen LogP contribution in [-0.4, -0.2) is 27.0 Å². The lowest BCUT2D eigenvalue weighted by Gasteiger charge is -2.50. The Bertz CT molecular complexity index is 580. The second kappa shape index (κ2) is 3.88. The molecule has 3 N–H and O–H groups in total. The average Bonchev–Trinajstić information content (AvgIpc) is 2.38. The Morgan fingerprint density at radius 3 is 2.78 bits per heavy atom. The zero-order valence-corrected chi connectivity index (χ0v) is 10.6. The molecule has 2 heterocycles. The SMILES string of the molecule is CC1(C)C(N)CC1Nc1ccc2nccnc2n1. The van der Waals surface area contributed by atoms with Crippen molar-refractivity contribution in [1.82, 2.24) is 15.0 Å². The summed E-state index contributed by atoms with van der Waals surface area (Å²) in [7, 11) is 0. The Balaban J connectivity index is 1.83. The van der Waals surface area contributed by atoms with E-state index < -0.39 is 0 Å². The third kappa shape index (κ3) is 1.71. The first-order valence-corrected chi connectivity index (χ1v) is 6.17. The largest absolute Gasteiger partial charge is 0.367 e. The lowest BCUT2D eigenvalue weighted by molar-refractivity contribution is 0.117. The molecule has 2 atom stereocenters. The van der Waals surface area contributed by atoms with Crippen molar-refractivity contribution in [3.05, 3.63) is 24.5 Å². The van der Waals surface area contributed by atoms with Crippen LogP contribution in [0.4, 0.5) is 5.82 Å². The summed E-state index contributed by atoms with van der Waals surface area (Å²) in [6.45, 7) is 4.36. The summed E-state index contributed by atoms with van der Waals surface area (Å²) in [6, 6.07) is 4.50. The summed E-state index contributed by atoms with van der Waals surface area (Å²) in [4.78, 5) is 12.9. The van der Waals surface area contributed by atoms with Crippen molar-refractivity contribution >= 4 is 17.0 Å². The number of nitrogens with two attached hydrogens (primary N) is 1. The topological polar surface area (TPSA) is 76.7 Å². The third-order valence-electron chi connectivity index (χ3n) is 4.00. The second-order valence-corrected chi connectivity index (χ2v) is 5.46. The minimum Gasteiger partial charge on any atom is -0.367 e. The summed E-state index contributed by atoms with van der Waals surface area (Å²) in [5, 5.41) is 3.43. The van der Waals surface area contributed by atoms with Crippen molar-refractivity contribution < 1.29 is 0 Å². The second-order valence-electron chi connectivity index (χ2n) is 5.46. The van der Waals surface area contributed by atoms with Crippen LogP contribution in [0.5, 0.6) is 0 Å². The van der Waals surface area contributed by atoms with E-state index in [2.05, 4.69) is 34.1 Å². The number of rotatable bonds is 2. The highest BCUT2D eigenvalue weighted by molar-refractivity contribution is 5.71. The maximum Gasteiger partial charge on any atom is 0.180 e. The van der Waals surface area contributed by atoms with Gasteiger partial charge in [0.1, 0.15) is 11.3 Å². The molecule has 0 amide bonds. The number of aromatic nitrogens is 3. The van der Waals surface area contributed by atoms with Crippen LogP contribution in [0.2, 0.25) is 0 Å². The molecule has 5 heteroatoms. The van der Waals surface area contributed by atoms with Crippen LogP contribution in [0.15, 0.2) is 24.5 Å². The number of hydrogen-bond acceptors (Lipinski definition) is 5. The smallest absolute Gasteiger partial charge is 0.180 e. The van der Waals surface area contributed by atoms with Crippen LogP contribution < -0.4 is 11.1 Å². The third-order valence-corrected chi connectivity index (χ3v) is 4.00. The van der Waals surface area contributed by atoms with Gasteiger partial charge in [-0.3, -0.25) is 4.98 Å². The first-order chi connectivity index (χ1) is 8.57. The van der Waals surface area contributed by atoms with Crippen LogP contribution in [-0.2, 0) is 0 Å². The highest BCUT2D eigenvalue weighted by atomic mass is 15.1. The van der Waals surface area contributed by atoms with Gasteiger partial charge in [-0.2, -0.15) is 0 Å². The van der Waals surface area contributed by atoms with Crippen molar-refractivity contribution in [1.29, 1.82) is 0 Å². The summed E-state index contributed by atoms with van der Waals surface area (Å²) in [5.74, 6) is 0.841. The van der Waals surface area contributed by atoms with Crippen LogP contribution >= 0.6 is 0 Å². The van der Waals surface area contributed by atoms with Gasteiger partial charge in [-0.05, 0) is 18.6 Å². The van der Waals surface area contributed by atoms with E-state index in [4.69, 9.17) is 5.73 Å². The van der Waals surface area contributed by atoms with Gasteiger partial charge in [0.2, 0.25) is 0 Å². The highest BCUT2D eigenvalue weighted by Gasteiger charge is 2.46. The zero-order chi connectivity index (χ0) is 12.8. The quantitative estimate of drug-likeness (QED) is 0.837. The van der Waals surface area contributed by atoms with Gasteiger partial charge in [0.15, 0.2) is 5.65 Å². The maximum absolute atomic E-state index is 6.01. The Hall–Kier alpha value is -1.75. The van der Waals surface area contributed by atoms with E-state index in [1.54, 1.807) is 12.4 Å². The molecule has 0 aliphatic heterocycles. The van der Waals surface area contributed by atoms with E-state index in [-0.39, 0.29) is 11.5 Å². The number of fused-ring (bicyclic) bond motifs is 1. The van der Waals surface area contributed by atoms with Crippen LogP contribution in [0.1, 0.15) is 20.3 Å². The fourth-order valence-corrected chi connectivity index (χ4v) is 2.32. The van der Waals surface area contributed by atoms with Gasteiger partial charge in [0.05, 0.1) is 0 Å². The lowest BCUT2D eigenvalue weighted by atomic mass is 9.63. The van der Waals surface area contributed by atoms with Crippen molar-refractivity contribution in [2.24, 2.45) is 11.1 Å². The summed E-state index contributed by atoms with van der Waals surface area (Å²) < 4.78 is 0. The monoisotopic (exact) mass is 243 g/mol. The van der Waals surface area contributed by atoms with Gasteiger partial charge >= 0.3 is 0 Å². The number of anilines is 1. The molecule has 0 spiro atoms. The summed E-state index contributed by atoms with van der Waals surface area (Å²) in [5.41, 5.74) is 7.60. The minimum absolute atomic E-state index is 0.110. The van der Waals surface area contributed by atoms with Crippen LogP contribution in [0.3, 0.4) is 0 Å². The summed E-state index contributed by atoms with van der Waals surface area (Å²) in [6.07, 6.45) is 4.31. The molecule has 0 radical (unpaired) electrons. The minimum atomic E-state index is 0.110. The van der Waals surface area contributed by atoms with Crippen molar-refractivity contribution in [2.75, 3.05) is 5.32 Å². The number of nitrogens with zero attached hydrogens (tertiary/aromatic N) is 3. The number of hydrogen-bond donors (Lipinski definition) is 2. The van der Waals surface area contributed by atoms with Crippen molar-refractivity contribution in [3.63, 3.8) is 0 Å². The average molecular weight is 243 g/mol. The molecule has 5 nitrogen and oxygen atoms in total. The van der Waals surface area contributed by atoms with Gasteiger partial charge in [-0.15, -0.1) is 0 Å². The predicted molar refractivity (Wildman–Crippen MR) is 71.1 cm³/mol. The van der Waals surface area contributed by atoms with E-state index in [0.29, 0.717) is 11.7 Å². The van der Waals surface area contributed by atoms with E-state index in [1.165, 1.54) is 0 Å². The molecule has 2 aromatic heterocycles. The van der Waals surface area contributed by atoms with E-state index in [0.717, 1.165) is 17.8 Å². The molecule has 0 bridgehead atoms. The molecule has 94 valence electrons. The molecule has 0 aromatic carbocycles. The van der Waals surface area contributed by atoms with Crippen LogP contribution in [0.25, 0.3) is 11.2 Å². The molecule has 1 aliphatic carbocycles. The van der Waals surface area contributed by atoms with Gasteiger partial charge < -0.3 is 11.1 Å². The molecular weight excluding hydrogens is 226 g/mol. The Morgan fingerprint density at radius 1 is 1.28 bits per heavy atom. The molecule has 1 fully saturated rings. The Labute approximate surface area is 106 Å². The van der Waals surface area contributed by atoms with Crippen molar-refractivity contribution in [2.45, 2.75) is 32.4 Å². The molecule has 2 unspecified atom stereocenters. The van der Waals surface area contributed by atoms with E-state index in [9.17, 15) is 0 Å². The fraction of sp³-hybridized carbons (Fsp3) is 0.462. The van der Waals surface area contributed by atoms with Gasteiger partial charge in [0, 0.05) is 29.9 Å². The molecule has 0 saturated heterocycles. The van der Waals surface area contributed by atoms with Crippen molar-refractivity contribution in [3.8, 4) is 0 Å². The number of pyridine rings is 1. The molecule has 1 aliphatic rings. The molecule has 2 aromatic rings. The van der Waals surface area contributed by atoms with Gasteiger partial charge in [-0.25, -0.2) is 9.97 Å². The first-order valence-electron chi connectivity index (χ1n) is 6.17. The van der Waals surface area contributed by atoms with Gasteiger partial charge in [0.25, 0.3) is 0 Å². The fourth-order valence-electron chi connectivity index (χ4n) is 2.32. The molecule has 18 heavy (non-hydrogen) atoms. The maximum atomic E-state index is 6.01. The Kier molecular flexibility index (Phi) is 2.45. The lowest BCUT2D eigenvalue weighted by Crippen LogP contribution is -2.61. The molecular formula is C13H17N5. The normalized spacial score (nSPS) is 25.7. The standard InChI is InChI=1S/C13H17N5/c1-13(2)9(14)7-10(13)17-11-4-3-8-12(18-11)16-6-5-15-8/h3-6,9-10H,7,14H2,1-2H3,(H,16,17,18). The predicted octanol–water partition coefficient (Wildman–Crippen LogP) is 1.56. The van der Waals surface area contributed by atoms with E-state index >= 15 is 0 Å². The van der Waals surface area contributed by atoms with E-state index in [1.807, 2.05) is 12.1 Å². The zero-order valence-electron chi connectivity index (χ0n) is 10.6. The highest BCUT2D eigenvalue weighted by Crippen LogP contribution is 2.40.